The molecular formula is C20H34IN5O3. The summed E-state index contributed by atoms with van der Waals surface area (Å²) in [6.45, 7) is 7.09. The van der Waals surface area contributed by atoms with Crippen molar-refractivity contribution in [1.82, 2.24) is 20.1 Å². The smallest absolute Gasteiger partial charge is 0.409 e. The number of hydrogen-bond donors (Lipinski definition) is 2. The summed E-state index contributed by atoms with van der Waals surface area (Å²) in [6.07, 6.45) is 3.39. The number of halogens is 1. The predicted molar refractivity (Wildman–Crippen MR) is 126 cm³/mol. The Balaban J connectivity index is 0.00000420. The van der Waals surface area contributed by atoms with E-state index in [0.29, 0.717) is 25.7 Å². The molecule has 1 amide bonds. The average molecular weight is 519 g/mol. The first-order valence-corrected chi connectivity index (χ1v) is 10.1. The fraction of sp³-hybridized carbons (Fsp3) is 0.650. The van der Waals surface area contributed by atoms with E-state index in [-0.39, 0.29) is 35.6 Å². The van der Waals surface area contributed by atoms with E-state index in [0.717, 1.165) is 50.4 Å². The first-order valence-electron chi connectivity index (χ1n) is 10.1. The zero-order valence-corrected chi connectivity index (χ0v) is 20.0. The van der Waals surface area contributed by atoms with Crippen LogP contribution in [-0.2, 0) is 11.3 Å². The standard InChI is InChI=1S/C20H33N5O3.HI/c1-4-28-20(27)24-14-10-17(11-15-24)23-19(21-3)22-12-5-6-13-25-16(2)8-7-9-18(25)26;/h7-9,17H,4-6,10-15H2,1-3H3,(H2,21,22,23);1H. The number of ether oxygens (including phenoxy) is 1. The van der Waals surface area contributed by atoms with Gasteiger partial charge in [0.05, 0.1) is 6.61 Å². The molecule has 1 aromatic heterocycles. The van der Waals surface area contributed by atoms with E-state index >= 15 is 0 Å². The molecule has 0 radical (unpaired) electrons. The van der Waals surface area contributed by atoms with Gasteiger partial charge in [0.1, 0.15) is 0 Å². The topological polar surface area (TPSA) is 88.0 Å². The lowest BCUT2D eigenvalue weighted by atomic mass is 10.1. The van der Waals surface area contributed by atoms with Gasteiger partial charge in [0.15, 0.2) is 5.96 Å². The maximum absolute atomic E-state index is 11.9. The molecule has 0 spiro atoms. The molecule has 0 aliphatic carbocycles. The molecule has 0 atom stereocenters. The SMILES string of the molecule is CCOC(=O)N1CCC(NC(=NC)NCCCCn2c(C)cccc2=O)CC1.I. The van der Waals surface area contributed by atoms with Crippen LogP contribution < -0.4 is 16.2 Å². The highest BCUT2D eigenvalue weighted by molar-refractivity contribution is 14.0. The van der Waals surface area contributed by atoms with Crippen molar-refractivity contribution in [2.24, 2.45) is 4.99 Å². The molecule has 2 N–H and O–H groups in total. The maximum atomic E-state index is 11.9. The van der Waals surface area contributed by atoms with Crippen LogP contribution >= 0.6 is 24.0 Å². The lowest BCUT2D eigenvalue weighted by Gasteiger charge is -2.32. The second-order valence-electron chi connectivity index (χ2n) is 6.97. The molecule has 0 unspecified atom stereocenters. The number of nitrogens with zero attached hydrogens (tertiary/aromatic N) is 3. The molecule has 8 nitrogen and oxygen atoms in total. The summed E-state index contributed by atoms with van der Waals surface area (Å²) in [7, 11) is 1.76. The van der Waals surface area contributed by atoms with E-state index in [9.17, 15) is 9.59 Å². The van der Waals surface area contributed by atoms with Crippen molar-refractivity contribution in [3.63, 3.8) is 0 Å². The van der Waals surface area contributed by atoms with Gasteiger partial charge in [-0.3, -0.25) is 9.79 Å². The van der Waals surface area contributed by atoms with Crippen molar-refractivity contribution < 1.29 is 9.53 Å². The number of guanidine groups is 1. The van der Waals surface area contributed by atoms with Crippen LogP contribution in [-0.4, -0.2) is 60.9 Å². The number of aliphatic imine (C=N–C) groups is 1. The molecule has 2 rings (SSSR count). The minimum Gasteiger partial charge on any atom is -0.450 e. The Kier molecular flexibility index (Phi) is 11.7. The zero-order chi connectivity index (χ0) is 20.4. The molecule has 1 aliphatic heterocycles. The number of nitrogens with one attached hydrogen (secondary N) is 2. The zero-order valence-electron chi connectivity index (χ0n) is 17.6. The van der Waals surface area contributed by atoms with Crippen LogP contribution in [0.15, 0.2) is 28.0 Å². The number of aromatic nitrogens is 1. The van der Waals surface area contributed by atoms with E-state index in [1.807, 2.05) is 24.5 Å². The number of hydrogen-bond acceptors (Lipinski definition) is 4. The maximum Gasteiger partial charge on any atom is 0.409 e. The minimum atomic E-state index is -0.226. The van der Waals surface area contributed by atoms with Crippen LogP contribution in [0.25, 0.3) is 0 Å². The van der Waals surface area contributed by atoms with Crippen LogP contribution in [0.3, 0.4) is 0 Å². The molecule has 1 fully saturated rings. The molecule has 1 saturated heterocycles. The second kappa shape index (κ2) is 13.4. The average Bonchev–Trinajstić information content (AvgIpc) is 2.69. The van der Waals surface area contributed by atoms with Gasteiger partial charge < -0.3 is 24.8 Å². The van der Waals surface area contributed by atoms with Gasteiger partial charge in [-0.25, -0.2) is 4.79 Å². The van der Waals surface area contributed by atoms with E-state index in [1.54, 1.807) is 24.1 Å². The van der Waals surface area contributed by atoms with Crippen molar-refractivity contribution in [3.05, 3.63) is 34.2 Å². The highest BCUT2D eigenvalue weighted by Crippen LogP contribution is 2.11. The molecule has 0 bridgehead atoms. The van der Waals surface area contributed by atoms with Crippen LogP contribution in [0.2, 0.25) is 0 Å². The molecule has 1 aliphatic rings. The Bertz CT molecular complexity index is 714. The van der Waals surface area contributed by atoms with Gasteiger partial charge in [-0.1, -0.05) is 6.07 Å². The third kappa shape index (κ3) is 8.23. The minimum absolute atomic E-state index is 0. The Morgan fingerprint density at radius 2 is 2.00 bits per heavy atom. The highest BCUT2D eigenvalue weighted by Gasteiger charge is 2.23. The van der Waals surface area contributed by atoms with Crippen molar-refractivity contribution >= 4 is 36.0 Å². The van der Waals surface area contributed by atoms with Crippen LogP contribution in [0.4, 0.5) is 4.79 Å². The molecule has 0 aromatic carbocycles. The number of likely N-dealkylation sites (tertiary alicyclic amines) is 1. The molecule has 2 heterocycles. The number of unbranched alkanes of at least 4 members (excludes halogenated alkanes) is 1. The predicted octanol–water partition coefficient (Wildman–Crippen LogP) is 2.34. The summed E-state index contributed by atoms with van der Waals surface area (Å²) in [5.74, 6) is 0.780. The Labute approximate surface area is 190 Å². The summed E-state index contributed by atoms with van der Waals surface area (Å²) in [4.78, 5) is 29.7. The van der Waals surface area contributed by atoms with Gasteiger partial charge in [0.2, 0.25) is 0 Å². The number of carbonyl (C=O) groups is 1. The van der Waals surface area contributed by atoms with E-state index in [1.165, 1.54) is 0 Å². The molecule has 164 valence electrons. The van der Waals surface area contributed by atoms with Gasteiger partial charge >= 0.3 is 6.09 Å². The largest absolute Gasteiger partial charge is 0.450 e. The number of piperidine rings is 1. The fourth-order valence-corrected chi connectivity index (χ4v) is 3.32. The van der Waals surface area contributed by atoms with Crippen molar-refractivity contribution in [3.8, 4) is 0 Å². The Hall–Kier alpha value is -1.78. The summed E-state index contributed by atoms with van der Waals surface area (Å²) in [6, 6.07) is 5.65. The van der Waals surface area contributed by atoms with Gasteiger partial charge in [-0.05, 0) is 45.6 Å². The number of aryl methyl sites for hydroxylation is 1. The van der Waals surface area contributed by atoms with Crippen LogP contribution in [0.1, 0.15) is 38.3 Å². The van der Waals surface area contributed by atoms with E-state index in [4.69, 9.17) is 4.74 Å². The van der Waals surface area contributed by atoms with Crippen molar-refractivity contribution in [1.29, 1.82) is 0 Å². The van der Waals surface area contributed by atoms with E-state index in [2.05, 4.69) is 15.6 Å². The van der Waals surface area contributed by atoms with E-state index < -0.39 is 0 Å². The fourth-order valence-electron chi connectivity index (χ4n) is 3.32. The molecular weight excluding hydrogens is 485 g/mol. The number of pyridine rings is 1. The number of rotatable bonds is 7. The van der Waals surface area contributed by atoms with Crippen LogP contribution in [0, 0.1) is 6.92 Å². The first kappa shape index (κ1) is 25.3. The summed E-state index contributed by atoms with van der Waals surface area (Å²) in [5, 5.41) is 6.76. The lowest BCUT2D eigenvalue weighted by molar-refractivity contribution is 0.0963. The van der Waals surface area contributed by atoms with Crippen molar-refractivity contribution in [2.45, 2.75) is 52.1 Å². The molecule has 29 heavy (non-hydrogen) atoms. The number of amides is 1. The molecule has 0 saturated carbocycles. The lowest BCUT2D eigenvalue weighted by Crippen LogP contribution is -2.50. The molecule has 1 aromatic rings. The van der Waals surface area contributed by atoms with Crippen molar-refractivity contribution in [2.75, 3.05) is 33.3 Å². The third-order valence-corrected chi connectivity index (χ3v) is 4.95. The summed E-state index contributed by atoms with van der Waals surface area (Å²) >= 11 is 0. The van der Waals surface area contributed by atoms with Gasteiger partial charge in [-0.15, -0.1) is 24.0 Å². The third-order valence-electron chi connectivity index (χ3n) is 4.95. The highest BCUT2D eigenvalue weighted by atomic mass is 127. The Morgan fingerprint density at radius 3 is 2.62 bits per heavy atom. The first-order chi connectivity index (χ1) is 13.5. The van der Waals surface area contributed by atoms with Gasteiger partial charge in [0, 0.05) is 51.0 Å². The van der Waals surface area contributed by atoms with Crippen LogP contribution in [0.5, 0.6) is 0 Å². The summed E-state index contributed by atoms with van der Waals surface area (Å²) in [5.41, 5.74) is 1.05. The monoisotopic (exact) mass is 519 g/mol. The normalized spacial score (nSPS) is 14.9. The Morgan fingerprint density at radius 1 is 1.28 bits per heavy atom. The number of carbonyl (C=O) groups excluding carboxylic acids is 1. The van der Waals surface area contributed by atoms with Gasteiger partial charge in [0.25, 0.3) is 5.56 Å². The quantitative estimate of drug-likeness (QED) is 0.250. The van der Waals surface area contributed by atoms with Gasteiger partial charge in [-0.2, -0.15) is 0 Å². The second-order valence-corrected chi connectivity index (χ2v) is 6.97. The summed E-state index contributed by atoms with van der Waals surface area (Å²) < 4.78 is 6.86. The molecule has 9 heteroatoms.